The van der Waals surface area contributed by atoms with Crippen molar-refractivity contribution in [2.24, 2.45) is 0 Å². The fourth-order valence-electron chi connectivity index (χ4n) is 1.60. The molecule has 0 unspecified atom stereocenters. The zero-order chi connectivity index (χ0) is 24.1. The van der Waals surface area contributed by atoms with Gasteiger partial charge in [-0.2, -0.15) is 0 Å². The number of aliphatic carboxylic acids is 3. The molecule has 0 heterocycles. The van der Waals surface area contributed by atoms with Gasteiger partial charge < -0.3 is 45.3 Å². The van der Waals surface area contributed by atoms with Gasteiger partial charge in [0.05, 0.1) is 12.8 Å². The first-order valence-electron chi connectivity index (χ1n) is 7.42. The monoisotopic (exact) mass is 456 g/mol. The first-order chi connectivity index (χ1) is 13.6. The molecular formula is C16H17NaO14. The molecule has 15 heteroatoms. The summed E-state index contributed by atoms with van der Waals surface area (Å²) in [4.78, 5) is 60.1. The molecular weight excluding hydrogens is 439 g/mol. The molecule has 0 aliphatic carbocycles. The first kappa shape index (κ1) is 32.5. The van der Waals surface area contributed by atoms with Crippen molar-refractivity contribution in [1.82, 2.24) is 0 Å². The summed E-state index contributed by atoms with van der Waals surface area (Å²) in [5, 5.41) is 57.8. The summed E-state index contributed by atoms with van der Waals surface area (Å²) in [5.74, 6) is -6.59. The second-order valence-electron chi connectivity index (χ2n) is 5.14. The summed E-state index contributed by atoms with van der Waals surface area (Å²) in [6.07, 6.45) is -4.37. The number of aliphatic hydroxyl groups is 1. The van der Waals surface area contributed by atoms with Crippen molar-refractivity contribution in [3.05, 3.63) is 29.8 Å². The molecule has 0 aromatic heterocycles. The van der Waals surface area contributed by atoms with Gasteiger partial charge in [0, 0.05) is 6.92 Å². The molecule has 0 fully saturated rings. The van der Waals surface area contributed by atoms with Gasteiger partial charge >= 0.3 is 59.4 Å². The number of carboxylic acids is 4. The zero-order valence-corrected chi connectivity index (χ0v) is 18.2. The average molecular weight is 456 g/mol. The van der Waals surface area contributed by atoms with Gasteiger partial charge in [-0.3, -0.25) is 14.4 Å². The molecule has 14 nitrogen and oxygen atoms in total. The average Bonchev–Trinajstić information content (AvgIpc) is 2.52. The van der Waals surface area contributed by atoms with Crippen LogP contribution in [0.25, 0.3) is 0 Å². The third-order valence-corrected chi connectivity index (χ3v) is 2.66. The minimum atomic E-state index is -2.74. The Morgan fingerprint density at radius 2 is 1.29 bits per heavy atom. The Balaban J connectivity index is -0.000000420. The third kappa shape index (κ3) is 16.3. The Labute approximate surface area is 195 Å². The fourth-order valence-corrected chi connectivity index (χ4v) is 1.60. The van der Waals surface area contributed by atoms with E-state index in [0.29, 0.717) is 0 Å². The maximum Gasteiger partial charge on any atom is 1.00 e. The third-order valence-electron chi connectivity index (χ3n) is 2.66. The molecule has 0 saturated carbocycles. The standard InChI is InChI=1S/C9H8O4.C6H8O7.CH2O3.Na/c1-6(10)13-8-5-3-2-4-7(8)9(11)12;7-3(8)1-6(13,5(11)12)2-4(9)10;2-1(3)4;/h2-5H,1H3,(H,11,12);13H,1-2H2,(H,7,8)(H,9,10)(H,11,12);(H2,2,3,4);/q;;;+1/p-1. The molecule has 31 heavy (non-hydrogen) atoms. The molecule has 1 rings (SSSR count). The van der Waals surface area contributed by atoms with E-state index in [1.807, 2.05) is 0 Å². The maximum atomic E-state index is 10.6. The molecule has 0 aliphatic rings. The number of ether oxygens (including phenoxy) is 1. The molecule has 0 amide bonds. The van der Waals surface area contributed by atoms with Crippen LogP contribution >= 0.6 is 0 Å². The summed E-state index contributed by atoms with van der Waals surface area (Å²) in [6, 6.07) is 5.98. The number of rotatable bonds is 7. The molecule has 166 valence electrons. The predicted molar refractivity (Wildman–Crippen MR) is 89.8 cm³/mol. The zero-order valence-electron chi connectivity index (χ0n) is 16.2. The van der Waals surface area contributed by atoms with Crippen molar-refractivity contribution >= 4 is 36.0 Å². The molecule has 1 aromatic carbocycles. The minimum Gasteiger partial charge on any atom is -0.565 e. The van der Waals surface area contributed by atoms with Crippen LogP contribution in [0.1, 0.15) is 30.1 Å². The van der Waals surface area contributed by atoms with Crippen molar-refractivity contribution < 1.29 is 98.8 Å². The van der Waals surface area contributed by atoms with Crippen molar-refractivity contribution in [3.8, 4) is 5.75 Å². The van der Waals surface area contributed by atoms with Crippen LogP contribution in [0, 0.1) is 0 Å². The van der Waals surface area contributed by atoms with E-state index in [4.69, 9.17) is 40.5 Å². The van der Waals surface area contributed by atoms with Gasteiger partial charge in [-0.15, -0.1) is 0 Å². The van der Waals surface area contributed by atoms with Gasteiger partial charge in [0.15, 0.2) is 5.60 Å². The minimum absolute atomic E-state index is 0. The van der Waals surface area contributed by atoms with Crippen LogP contribution in [0.3, 0.4) is 0 Å². The molecule has 0 saturated heterocycles. The number of hydrogen-bond donors (Lipinski definition) is 6. The summed E-state index contributed by atoms with van der Waals surface area (Å²) < 4.78 is 4.69. The van der Waals surface area contributed by atoms with Crippen LogP contribution in [0.5, 0.6) is 5.75 Å². The van der Waals surface area contributed by atoms with Crippen LogP contribution in [0.4, 0.5) is 4.79 Å². The largest absolute Gasteiger partial charge is 1.00 e. The summed E-state index contributed by atoms with van der Waals surface area (Å²) >= 11 is 0. The van der Waals surface area contributed by atoms with Crippen molar-refractivity contribution in [2.75, 3.05) is 0 Å². The number of hydrogen-bond acceptors (Lipinski definition) is 9. The van der Waals surface area contributed by atoms with E-state index in [-0.39, 0.29) is 40.9 Å². The van der Waals surface area contributed by atoms with Crippen molar-refractivity contribution in [1.29, 1.82) is 0 Å². The maximum absolute atomic E-state index is 10.6. The quantitative estimate of drug-likeness (QED) is 0.130. The second kappa shape index (κ2) is 15.6. The van der Waals surface area contributed by atoms with E-state index in [1.165, 1.54) is 19.1 Å². The topological polar surface area (TPSA) is 256 Å². The summed E-state index contributed by atoms with van der Waals surface area (Å²) in [7, 11) is 0. The molecule has 0 radical (unpaired) electrons. The Morgan fingerprint density at radius 3 is 1.58 bits per heavy atom. The SMILES string of the molecule is CC(=O)Oc1ccccc1C(=O)O.O=C(O)CC(O)(CC(=O)O)C(=O)O.O=C([O-])O.[Na+]. The number of carbonyl (C=O) groups excluding carboxylic acids is 1. The van der Waals surface area contributed by atoms with Crippen LogP contribution < -0.4 is 39.4 Å². The molecule has 0 spiro atoms. The second-order valence-corrected chi connectivity index (χ2v) is 5.14. The number of para-hydroxylation sites is 1. The van der Waals surface area contributed by atoms with Crippen molar-refractivity contribution in [3.63, 3.8) is 0 Å². The number of benzene rings is 1. The first-order valence-corrected chi connectivity index (χ1v) is 7.42. The predicted octanol–water partition coefficient (Wildman–Crippen LogP) is -4.05. The Morgan fingerprint density at radius 1 is 0.903 bits per heavy atom. The van der Waals surface area contributed by atoms with Gasteiger partial charge in [0.1, 0.15) is 11.3 Å². The van der Waals surface area contributed by atoms with E-state index in [9.17, 15) is 24.0 Å². The van der Waals surface area contributed by atoms with Gasteiger partial charge in [-0.05, 0) is 12.1 Å². The van der Waals surface area contributed by atoms with Crippen LogP contribution in [0.2, 0.25) is 0 Å². The fraction of sp³-hybridized carbons (Fsp3) is 0.250. The molecule has 0 bridgehead atoms. The Hall–Kier alpha value is -3.20. The van der Waals surface area contributed by atoms with Crippen molar-refractivity contribution in [2.45, 2.75) is 25.4 Å². The van der Waals surface area contributed by atoms with Gasteiger partial charge in [-0.1, -0.05) is 12.1 Å². The molecule has 0 aliphatic heterocycles. The van der Waals surface area contributed by atoms with Gasteiger partial charge in [0.2, 0.25) is 6.16 Å². The van der Waals surface area contributed by atoms with E-state index in [2.05, 4.69) is 4.74 Å². The Bertz CT molecular complexity index is 783. The molecule has 1 aromatic rings. The smallest absolute Gasteiger partial charge is 0.565 e. The van der Waals surface area contributed by atoms with E-state index in [1.54, 1.807) is 12.1 Å². The normalized spacial score (nSPS) is 9.23. The van der Waals surface area contributed by atoms with Gasteiger partial charge in [0.25, 0.3) is 0 Å². The van der Waals surface area contributed by atoms with E-state index < -0.39 is 54.4 Å². The van der Waals surface area contributed by atoms with Gasteiger partial charge in [-0.25, -0.2) is 9.59 Å². The molecule has 6 N–H and O–H groups in total. The number of carboxylic acid groups (broad SMARTS) is 6. The van der Waals surface area contributed by atoms with Crippen LogP contribution in [-0.2, 0) is 19.2 Å². The number of aromatic carboxylic acids is 1. The summed E-state index contributed by atoms with van der Waals surface area (Å²) in [6.45, 7) is 1.22. The van der Waals surface area contributed by atoms with E-state index >= 15 is 0 Å². The summed E-state index contributed by atoms with van der Waals surface area (Å²) in [5.41, 5.74) is -2.75. The molecule has 0 atom stereocenters. The number of esters is 1. The van der Waals surface area contributed by atoms with E-state index in [0.717, 1.165) is 0 Å². The number of carbonyl (C=O) groups is 6. The van der Waals surface area contributed by atoms with Crippen LogP contribution in [-0.4, -0.2) is 72.2 Å². The Kier molecular flexibility index (Phi) is 16.4. The van der Waals surface area contributed by atoms with Crippen LogP contribution in [0.15, 0.2) is 24.3 Å².